The lowest BCUT2D eigenvalue weighted by molar-refractivity contribution is -0.135. The Balaban J connectivity index is 2.45. The molecule has 9 heteroatoms. The maximum absolute atomic E-state index is 11.8. The highest BCUT2D eigenvalue weighted by Gasteiger charge is 2.23. The molecule has 2 aromatic rings. The van der Waals surface area contributed by atoms with Crippen molar-refractivity contribution in [3.05, 3.63) is 30.2 Å². The first kappa shape index (κ1) is 15.0. The minimum Gasteiger partial charge on any atom is -0.461 e. The number of oxazole rings is 1. The lowest BCUT2D eigenvalue weighted by Crippen LogP contribution is -2.20. The summed E-state index contributed by atoms with van der Waals surface area (Å²) in [5.41, 5.74) is 0.450. The number of ether oxygens (including phenoxy) is 1. The van der Waals surface area contributed by atoms with Crippen LogP contribution >= 0.6 is 0 Å². The van der Waals surface area contributed by atoms with E-state index in [1.165, 1.54) is 0 Å². The van der Waals surface area contributed by atoms with Crippen LogP contribution in [0.1, 0.15) is 12.8 Å². The molecule has 112 valence electrons. The molecular formula is C12H12N2O6S. The Bertz CT molecular complexity index is 760. The minimum atomic E-state index is -3.87. The van der Waals surface area contributed by atoms with Gasteiger partial charge in [0, 0.05) is 0 Å². The second-order valence-electron chi connectivity index (χ2n) is 3.93. The first-order valence-electron chi connectivity index (χ1n) is 5.90. The zero-order valence-corrected chi connectivity index (χ0v) is 12.1. The van der Waals surface area contributed by atoms with E-state index in [1.807, 2.05) is 0 Å². The number of para-hydroxylation sites is 2. The van der Waals surface area contributed by atoms with E-state index in [0.717, 1.165) is 6.26 Å². The van der Waals surface area contributed by atoms with E-state index >= 15 is 0 Å². The van der Waals surface area contributed by atoms with Gasteiger partial charge in [-0.05, 0) is 19.1 Å². The number of hydrogen-bond donors (Lipinski definition) is 0. The Kier molecular flexibility index (Phi) is 4.22. The topological polar surface area (TPSA) is 108 Å². The summed E-state index contributed by atoms with van der Waals surface area (Å²) in [5.74, 6) is -1.08. The molecule has 0 unspecified atom stereocenters. The second-order valence-corrected chi connectivity index (χ2v) is 5.48. The summed E-state index contributed by atoms with van der Waals surface area (Å²) in [7, 11) is -3.87. The number of hydrogen-bond acceptors (Lipinski definition) is 8. The molecule has 21 heavy (non-hydrogen) atoms. The predicted molar refractivity (Wildman–Crippen MR) is 73.1 cm³/mol. The Morgan fingerprint density at radius 2 is 2.10 bits per heavy atom. The van der Waals surface area contributed by atoms with Crippen LogP contribution in [-0.2, 0) is 23.9 Å². The van der Waals surface area contributed by atoms with E-state index in [0.29, 0.717) is 11.1 Å². The molecule has 0 saturated heterocycles. The summed E-state index contributed by atoms with van der Waals surface area (Å²) in [4.78, 5) is 15.9. The number of aromatic nitrogens is 1. The van der Waals surface area contributed by atoms with Gasteiger partial charge in [0.1, 0.15) is 5.52 Å². The molecule has 2 rings (SSSR count). The van der Waals surface area contributed by atoms with Crippen molar-refractivity contribution in [1.29, 1.82) is 0 Å². The number of rotatable bonds is 5. The van der Waals surface area contributed by atoms with E-state index in [2.05, 4.69) is 14.4 Å². The van der Waals surface area contributed by atoms with Crippen LogP contribution in [0.3, 0.4) is 0 Å². The number of fused-ring (bicyclic) bond motifs is 1. The molecule has 0 fully saturated rings. The molecule has 0 bridgehead atoms. The normalized spacial score (nSPS) is 12.4. The third kappa shape index (κ3) is 3.78. The average molecular weight is 312 g/mol. The van der Waals surface area contributed by atoms with Crippen LogP contribution < -0.4 is 0 Å². The van der Waals surface area contributed by atoms with Gasteiger partial charge in [0.2, 0.25) is 0 Å². The van der Waals surface area contributed by atoms with E-state index in [-0.39, 0.29) is 12.5 Å². The third-order valence-electron chi connectivity index (χ3n) is 2.23. The second kappa shape index (κ2) is 5.92. The van der Waals surface area contributed by atoms with Crippen LogP contribution in [0.5, 0.6) is 0 Å². The van der Waals surface area contributed by atoms with Gasteiger partial charge < -0.3 is 9.15 Å². The Labute approximate surface area is 120 Å². The van der Waals surface area contributed by atoms with Crippen LogP contribution in [0.15, 0.2) is 33.8 Å². The molecule has 1 heterocycles. The molecule has 8 nitrogen and oxygen atoms in total. The van der Waals surface area contributed by atoms with Gasteiger partial charge in [0.15, 0.2) is 5.58 Å². The van der Waals surface area contributed by atoms with Crippen molar-refractivity contribution in [2.24, 2.45) is 5.16 Å². The first-order valence-corrected chi connectivity index (χ1v) is 7.72. The molecule has 1 aromatic heterocycles. The summed E-state index contributed by atoms with van der Waals surface area (Å²) in [6.45, 7) is 1.68. The van der Waals surface area contributed by atoms with Crippen LogP contribution in [0.2, 0.25) is 0 Å². The fourth-order valence-corrected chi connectivity index (χ4v) is 1.65. The molecule has 0 amide bonds. The molecular weight excluding hydrogens is 300 g/mol. The number of esters is 1. The fourth-order valence-electron chi connectivity index (χ4n) is 1.44. The molecule has 0 N–H and O–H groups in total. The standard InChI is InChI=1S/C12H12N2O6S/c1-3-18-12(15)10(14-20-21(2,16)17)11-13-8-6-4-5-7-9(8)19-11/h4-7H,3H2,1-2H3/b14-10-. The van der Waals surface area contributed by atoms with Crippen LogP contribution in [-0.4, -0.2) is 37.9 Å². The molecule has 0 aliphatic rings. The SMILES string of the molecule is CCOC(=O)/C(=N\OS(C)(=O)=O)c1nc2ccccc2o1. The summed E-state index contributed by atoms with van der Waals surface area (Å²) >= 11 is 0. The third-order valence-corrected chi connectivity index (χ3v) is 2.57. The highest BCUT2D eigenvalue weighted by molar-refractivity contribution is 7.85. The van der Waals surface area contributed by atoms with Gasteiger partial charge in [-0.3, -0.25) is 4.28 Å². The molecule has 0 aliphatic carbocycles. The molecule has 0 saturated carbocycles. The van der Waals surface area contributed by atoms with Crippen molar-refractivity contribution in [3.63, 3.8) is 0 Å². The highest BCUT2D eigenvalue weighted by atomic mass is 32.2. The van der Waals surface area contributed by atoms with Crippen molar-refractivity contribution < 1.29 is 26.7 Å². The molecule has 0 radical (unpaired) electrons. The van der Waals surface area contributed by atoms with Crippen molar-refractivity contribution in [1.82, 2.24) is 4.98 Å². The van der Waals surface area contributed by atoms with Gasteiger partial charge in [-0.2, -0.15) is 8.42 Å². The Morgan fingerprint density at radius 3 is 2.71 bits per heavy atom. The zero-order chi connectivity index (χ0) is 15.5. The summed E-state index contributed by atoms with van der Waals surface area (Å²) in [5, 5.41) is 3.28. The summed E-state index contributed by atoms with van der Waals surface area (Å²) < 4.78 is 36.4. The van der Waals surface area contributed by atoms with E-state index in [1.54, 1.807) is 31.2 Å². The monoisotopic (exact) mass is 312 g/mol. The molecule has 0 atom stereocenters. The van der Waals surface area contributed by atoms with E-state index < -0.39 is 21.8 Å². The number of oxime groups is 1. The van der Waals surface area contributed by atoms with Gasteiger partial charge in [-0.1, -0.05) is 17.3 Å². The van der Waals surface area contributed by atoms with Crippen LogP contribution in [0, 0.1) is 0 Å². The van der Waals surface area contributed by atoms with Gasteiger partial charge >= 0.3 is 16.1 Å². The first-order chi connectivity index (χ1) is 9.90. The molecule has 0 spiro atoms. The van der Waals surface area contributed by atoms with Crippen molar-refractivity contribution in [3.8, 4) is 0 Å². The largest absolute Gasteiger partial charge is 0.461 e. The smallest absolute Gasteiger partial charge is 0.366 e. The fraction of sp³-hybridized carbons (Fsp3) is 0.250. The van der Waals surface area contributed by atoms with Gasteiger partial charge in [-0.25, -0.2) is 9.78 Å². The van der Waals surface area contributed by atoms with Crippen molar-refractivity contribution in [2.75, 3.05) is 12.9 Å². The summed E-state index contributed by atoms with van der Waals surface area (Å²) in [6, 6.07) is 6.78. The number of carbonyl (C=O) groups excluding carboxylic acids is 1. The van der Waals surface area contributed by atoms with Gasteiger partial charge in [0.25, 0.3) is 11.6 Å². The zero-order valence-electron chi connectivity index (χ0n) is 11.3. The van der Waals surface area contributed by atoms with Gasteiger partial charge in [-0.15, -0.1) is 0 Å². The Morgan fingerprint density at radius 1 is 1.38 bits per heavy atom. The maximum Gasteiger partial charge on any atom is 0.366 e. The summed E-state index contributed by atoms with van der Waals surface area (Å²) in [6.07, 6.45) is 0.797. The van der Waals surface area contributed by atoms with Crippen LogP contribution in [0.4, 0.5) is 0 Å². The maximum atomic E-state index is 11.8. The number of benzene rings is 1. The lowest BCUT2D eigenvalue weighted by Gasteiger charge is -2.01. The van der Waals surface area contributed by atoms with Crippen molar-refractivity contribution >= 4 is 32.9 Å². The minimum absolute atomic E-state index is 0.0803. The van der Waals surface area contributed by atoms with E-state index in [4.69, 9.17) is 9.15 Å². The average Bonchev–Trinajstić information content (AvgIpc) is 2.81. The highest BCUT2D eigenvalue weighted by Crippen LogP contribution is 2.16. The Hall–Kier alpha value is -2.42. The quantitative estimate of drug-likeness (QED) is 0.461. The van der Waals surface area contributed by atoms with Crippen LogP contribution in [0.25, 0.3) is 11.1 Å². The predicted octanol–water partition coefficient (Wildman–Crippen LogP) is 1.07. The van der Waals surface area contributed by atoms with E-state index in [9.17, 15) is 13.2 Å². The molecule has 1 aromatic carbocycles. The molecule has 0 aliphatic heterocycles. The van der Waals surface area contributed by atoms with Gasteiger partial charge in [0.05, 0.1) is 12.9 Å². The number of carbonyl (C=O) groups is 1. The number of nitrogens with zero attached hydrogens (tertiary/aromatic N) is 2. The lowest BCUT2D eigenvalue weighted by atomic mass is 10.3. The van der Waals surface area contributed by atoms with Crippen molar-refractivity contribution in [2.45, 2.75) is 6.92 Å².